The molecule has 2 aromatic heterocycles. The van der Waals surface area contributed by atoms with Crippen molar-refractivity contribution >= 4 is 60.3 Å². The van der Waals surface area contributed by atoms with Crippen LogP contribution >= 0.6 is 0 Å². The van der Waals surface area contributed by atoms with Gasteiger partial charge in [-0.2, -0.15) is 0 Å². The van der Waals surface area contributed by atoms with Crippen LogP contribution in [0.15, 0.2) is 162 Å². The van der Waals surface area contributed by atoms with Crippen LogP contribution in [0.1, 0.15) is 18.1 Å². The van der Waals surface area contributed by atoms with Gasteiger partial charge in [0.25, 0.3) is 0 Å². The monoisotopic (exact) mass is 691 g/mol. The molecule has 10 aromatic rings. The van der Waals surface area contributed by atoms with Crippen molar-refractivity contribution < 1.29 is 4.42 Å². The maximum Gasteiger partial charge on any atom is 0.164 e. The van der Waals surface area contributed by atoms with Gasteiger partial charge in [-0.1, -0.05) is 140 Å². The average Bonchev–Trinajstić information content (AvgIpc) is 3.62. The molecular formula is C50H33N3O. The lowest BCUT2D eigenvalue weighted by atomic mass is 9.89. The van der Waals surface area contributed by atoms with E-state index in [0.29, 0.717) is 23.4 Å². The molecule has 1 atom stereocenters. The Morgan fingerprint density at radius 3 is 2.00 bits per heavy atom. The lowest BCUT2D eigenvalue weighted by Crippen LogP contribution is -2.05. The molecule has 1 aliphatic rings. The van der Waals surface area contributed by atoms with Gasteiger partial charge in [-0.15, -0.1) is 0 Å². The highest BCUT2D eigenvalue weighted by Crippen LogP contribution is 2.42. The Hall–Kier alpha value is -6.91. The number of nitrogens with zero attached hydrogens (tertiary/aromatic N) is 3. The number of hydrogen-bond acceptors (Lipinski definition) is 4. The third kappa shape index (κ3) is 4.95. The van der Waals surface area contributed by atoms with Crippen molar-refractivity contribution in [1.29, 1.82) is 0 Å². The number of allylic oxidation sites excluding steroid dienone is 1. The molecule has 1 unspecified atom stereocenters. The maximum atomic E-state index is 6.29. The fourth-order valence-electron chi connectivity index (χ4n) is 8.40. The van der Waals surface area contributed by atoms with Crippen molar-refractivity contribution in [3.63, 3.8) is 0 Å². The van der Waals surface area contributed by atoms with Crippen LogP contribution in [0.3, 0.4) is 0 Å². The van der Waals surface area contributed by atoms with Gasteiger partial charge in [0.15, 0.2) is 17.5 Å². The molecule has 0 bridgehead atoms. The highest BCUT2D eigenvalue weighted by Gasteiger charge is 2.20. The first-order valence-corrected chi connectivity index (χ1v) is 18.6. The summed E-state index contributed by atoms with van der Waals surface area (Å²) in [5, 5.41) is 9.27. The molecule has 0 spiro atoms. The van der Waals surface area contributed by atoms with Crippen molar-refractivity contribution in [1.82, 2.24) is 15.0 Å². The highest BCUT2D eigenvalue weighted by atomic mass is 16.3. The number of aromatic nitrogens is 3. The van der Waals surface area contributed by atoms with E-state index in [2.05, 4.69) is 159 Å². The number of hydrogen-bond donors (Lipinski definition) is 0. The normalized spacial score (nSPS) is 14.1. The summed E-state index contributed by atoms with van der Waals surface area (Å²) in [4.78, 5) is 15.7. The molecule has 4 heteroatoms. The Balaban J connectivity index is 1.12. The molecular weight excluding hydrogens is 659 g/mol. The Kier molecular flexibility index (Phi) is 6.86. The second-order valence-electron chi connectivity index (χ2n) is 14.5. The van der Waals surface area contributed by atoms with Crippen LogP contribution in [-0.2, 0) is 6.42 Å². The van der Waals surface area contributed by atoms with Gasteiger partial charge in [-0.3, -0.25) is 0 Å². The van der Waals surface area contributed by atoms with E-state index in [-0.39, 0.29) is 0 Å². The summed E-state index contributed by atoms with van der Waals surface area (Å²) in [7, 11) is 0. The van der Waals surface area contributed by atoms with Gasteiger partial charge < -0.3 is 4.42 Å². The first kappa shape index (κ1) is 30.7. The number of fused-ring (bicyclic) bond motifs is 8. The van der Waals surface area contributed by atoms with Gasteiger partial charge in [-0.05, 0) is 97.2 Å². The van der Waals surface area contributed by atoms with E-state index in [0.717, 1.165) is 72.3 Å². The minimum Gasteiger partial charge on any atom is -0.456 e. The third-order valence-electron chi connectivity index (χ3n) is 11.0. The second kappa shape index (κ2) is 12.1. The van der Waals surface area contributed by atoms with E-state index < -0.39 is 0 Å². The highest BCUT2D eigenvalue weighted by molar-refractivity contribution is 6.16. The van der Waals surface area contributed by atoms with Crippen LogP contribution in [0.5, 0.6) is 0 Å². The first-order valence-electron chi connectivity index (χ1n) is 18.6. The van der Waals surface area contributed by atoms with E-state index in [1.165, 1.54) is 27.3 Å². The van der Waals surface area contributed by atoms with Crippen LogP contribution in [0.25, 0.3) is 106 Å². The van der Waals surface area contributed by atoms with Crippen LogP contribution in [-0.4, -0.2) is 15.0 Å². The molecule has 0 radical (unpaired) electrons. The average molecular weight is 692 g/mol. The fourth-order valence-corrected chi connectivity index (χ4v) is 8.40. The van der Waals surface area contributed by atoms with Gasteiger partial charge in [0.2, 0.25) is 0 Å². The predicted octanol–water partition coefficient (Wildman–Crippen LogP) is 13.1. The predicted molar refractivity (Wildman–Crippen MR) is 223 cm³/mol. The van der Waals surface area contributed by atoms with E-state index >= 15 is 0 Å². The summed E-state index contributed by atoms with van der Waals surface area (Å²) in [6, 6.07) is 53.6. The van der Waals surface area contributed by atoms with Crippen LogP contribution in [0.4, 0.5) is 0 Å². The van der Waals surface area contributed by atoms with Crippen molar-refractivity contribution in [3.05, 3.63) is 169 Å². The molecule has 0 N–H and O–H groups in total. The summed E-state index contributed by atoms with van der Waals surface area (Å²) in [6.45, 7) is 2.26. The Bertz CT molecular complexity index is 3170. The first-order chi connectivity index (χ1) is 26.6. The quantitative estimate of drug-likeness (QED) is 0.172. The van der Waals surface area contributed by atoms with Crippen molar-refractivity contribution in [3.8, 4) is 45.3 Å². The smallest absolute Gasteiger partial charge is 0.164 e. The van der Waals surface area contributed by atoms with E-state index in [9.17, 15) is 0 Å². The van der Waals surface area contributed by atoms with E-state index in [4.69, 9.17) is 19.4 Å². The van der Waals surface area contributed by atoms with Crippen LogP contribution in [0.2, 0.25) is 0 Å². The van der Waals surface area contributed by atoms with Crippen molar-refractivity contribution in [2.75, 3.05) is 0 Å². The van der Waals surface area contributed by atoms with Crippen LogP contribution in [0, 0.1) is 5.92 Å². The van der Waals surface area contributed by atoms with Gasteiger partial charge in [0.1, 0.15) is 11.2 Å². The summed E-state index contributed by atoms with van der Waals surface area (Å²) < 4.78 is 6.29. The van der Waals surface area contributed by atoms with Crippen molar-refractivity contribution in [2.45, 2.75) is 13.3 Å². The zero-order chi connectivity index (χ0) is 35.8. The van der Waals surface area contributed by atoms with E-state index in [1.807, 2.05) is 12.1 Å². The van der Waals surface area contributed by atoms with Gasteiger partial charge in [-0.25, -0.2) is 15.0 Å². The number of para-hydroxylation sites is 1. The molecule has 54 heavy (non-hydrogen) atoms. The lowest BCUT2D eigenvalue weighted by molar-refractivity contribution is 0.669. The number of benzene rings is 8. The Morgan fingerprint density at radius 2 is 1.13 bits per heavy atom. The molecule has 0 saturated heterocycles. The summed E-state index contributed by atoms with van der Waals surface area (Å²) in [5.74, 6) is 2.45. The topological polar surface area (TPSA) is 51.8 Å². The molecule has 11 rings (SSSR count). The summed E-state index contributed by atoms with van der Waals surface area (Å²) in [6.07, 6.45) is 5.51. The summed E-state index contributed by atoms with van der Waals surface area (Å²) in [5.41, 5.74) is 9.54. The zero-order valence-corrected chi connectivity index (χ0v) is 29.6. The fraction of sp³-hybridized carbons (Fsp3) is 0.0600. The van der Waals surface area contributed by atoms with Gasteiger partial charge in [0.05, 0.1) is 0 Å². The molecule has 254 valence electrons. The van der Waals surface area contributed by atoms with E-state index in [1.54, 1.807) is 0 Å². The molecule has 8 aromatic carbocycles. The Morgan fingerprint density at radius 1 is 0.481 bits per heavy atom. The van der Waals surface area contributed by atoms with Crippen LogP contribution < -0.4 is 0 Å². The second-order valence-corrected chi connectivity index (χ2v) is 14.5. The SMILES string of the molecule is CC1C=Cc2ccc(-c3nc(-c4ccc5c(ccc6ccccc65)c4)nc(-c4ccc(-c5cccc6oc7ccccc7c56)c5ccccc45)n3)cc2C1. The largest absolute Gasteiger partial charge is 0.456 e. The minimum absolute atomic E-state index is 0.488. The zero-order valence-electron chi connectivity index (χ0n) is 29.6. The molecule has 2 heterocycles. The number of rotatable bonds is 4. The van der Waals surface area contributed by atoms with Crippen molar-refractivity contribution in [2.24, 2.45) is 5.92 Å². The standard InChI is InChI=1S/C50H33N3O/c1-30-17-18-31-19-22-34(29-36(31)27-30)48-51-49(35-23-24-38-33(28-35)21-20-32-9-2-3-10-37(32)38)53-50(52-48)43-26-25-41(39-11-4-5-12-40(39)43)42-14-8-16-46-47(42)44-13-6-7-15-45(44)54-46/h2-26,28-30H,27H2,1H3. The number of furan rings is 1. The summed E-state index contributed by atoms with van der Waals surface area (Å²) >= 11 is 0. The molecule has 0 aliphatic heterocycles. The third-order valence-corrected chi connectivity index (χ3v) is 11.0. The van der Waals surface area contributed by atoms with Gasteiger partial charge >= 0.3 is 0 Å². The molecule has 0 saturated carbocycles. The molecule has 0 amide bonds. The molecule has 1 aliphatic carbocycles. The van der Waals surface area contributed by atoms with Gasteiger partial charge in [0, 0.05) is 27.5 Å². The molecule has 0 fully saturated rings. The lowest BCUT2D eigenvalue weighted by Gasteiger charge is -2.17. The maximum absolute atomic E-state index is 6.29. The minimum atomic E-state index is 0.488. The molecule has 4 nitrogen and oxygen atoms in total. The Labute approximate surface area is 312 Å².